The summed E-state index contributed by atoms with van der Waals surface area (Å²) in [6, 6.07) is 11.5. The zero-order valence-electron chi connectivity index (χ0n) is 15.8. The third-order valence-electron chi connectivity index (χ3n) is 5.29. The molecule has 1 aromatic heterocycles. The maximum absolute atomic E-state index is 9.79. The first-order valence-corrected chi connectivity index (χ1v) is 10.1. The van der Waals surface area contributed by atoms with E-state index in [1.807, 2.05) is 36.4 Å². The minimum Gasteiger partial charge on any atom is -0.454 e. The predicted molar refractivity (Wildman–Crippen MR) is 112 cm³/mol. The number of hydrogen-bond donors (Lipinski definition) is 2. The van der Waals surface area contributed by atoms with Gasteiger partial charge >= 0.3 is 0 Å². The highest BCUT2D eigenvalue weighted by molar-refractivity contribution is 6.31. The average molecular weight is 413 g/mol. The molecule has 0 spiro atoms. The summed E-state index contributed by atoms with van der Waals surface area (Å²) in [5.74, 6) is 2.92. The van der Waals surface area contributed by atoms with Crippen molar-refractivity contribution in [3.63, 3.8) is 0 Å². The number of ether oxygens (including phenoxy) is 2. The minimum absolute atomic E-state index is 0.242. The summed E-state index contributed by atoms with van der Waals surface area (Å²) < 4.78 is 10.8. The normalized spacial score (nSPS) is 16.4. The maximum Gasteiger partial charge on any atom is 0.231 e. The molecule has 8 heteroatoms. The summed E-state index contributed by atoms with van der Waals surface area (Å²) >= 11 is 6.22. The van der Waals surface area contributed by atoms with Crippen molar-refractivity contribution in [2.24, 2.45) is 0 Å². The van der Waals surface area contributed by atoms with Gasteiger partial charge in [-0.15, -0.1) is 0 Å². The Kier molecular flexibility index (Phi) is 4.77. The van der Waals surface area contributed by atoms with Gasteiger partial charge in [0.1, 0.15) is 5.82 Å². The smallest absolute Gasteiger partial charge is 0.231 e. The van der Waals surface area contributed by atoms with Gasteiger partial charge in [-0.25, -0.2) is 4.98 Å². The largest absolute Gasteiger partial charge is 0.454 e. The van der Waals surface area contributed by atoms with Crippen LogP contribution in [0.4, 0.5) is 11.8 Å². The van der Waals surface area contributed by atoms with Crippen molar-refractivity contribution in [3.05, 3.63) is 47.0 Å². The number of rotatable bonds is 4. The van der Waals surface area contributed by atoms with Gasteiger partial charge in [-0.3, -0.25) is 0 Å². The number of nitrogens with zero attached hydrogens (tertiary/aromatic N) is 3. The van der Waals surface area contributed by atoms with Crippen molar-refractivity contribution in [3.8, 4) is 11.5 Å². The zero-order chi connectivity index (χ0) is 19.8. The predicted octanol–water partition coefficient (Wildman–Crippen LogP) is 3.59. The summed E-state index contributed by atoms with van der Waals surface area (Å²) in [5, 5.41) is 14.7. The molecule has 0 unspecified atom stereocenters. The zero-order valence-corrected chi connectivity index (χ0v) is 16.5. The lowest BCUT2D eigenvalue weighted by Crippen LogP contribution is -2.37. The molecule has 0 radical (unpaired) electrons. The molecule has 1 saturated heterocycles. The van der Waals surface area contributed by atoms with Crippen LogP contribution in [-0.2, 0) is 6.54 Å². The highest BCUT2D eigenvalue weighted by Gasteiger charge is 2.21. The van der Waals surface area contributed by atoms with Crippen LogP contribution in [0.5, 0.6) is 11.5 Å². The van der Waals surface area contributed by atoms with Gasteiger partial charge < -0.3 is 24.8 Å². The molecule has 1 fully saturated rings. The Morgan fingerprint density at radius 2 is 1.90 bits per heavy atom. The van der Waals surface area contributed by atoms with Crippen LogP contribution in [0.15, 0.2) is 36.4 Å². The van der Waals surface area contributed by atoms with Crippen LogP contribution in [0.1, 0.15) is 18.4 Å². The molecule has 29 heavy (non-hydrogen) atoms. The molecule has 2 aromatic carbocycles. The van der Waals surface area contributed by atoms with E-state index in [1.54, 1.807) is 0 Å². The van der Waals surface area contributed by atoms with E-state index in [0.29, 0.717) is 17.5 Å². The summed E-state index contributed by atoms with van der Waals surface area (Å²) in [6.45, 7) is 2.31. The summed E-state index contributed by atoms with van der Waals surface area (Å²) in [5.41, 5.74) is 1.89. The maximum atomic E-state index is 9.79. The van der Waals surface area contributed by atoms with Crippen molar-refractivity contribution < 1.29 is 14.6 Å². The summed E-state index contributed by atoms with van der Waals surface area (Å²) in [6.07, 6.45) is 1.21. The molecule has 2 aliphatic rings. The molecule has 0 atom stereocenters. The van der Waals surface area contributed by atoms with Crippen LogP contribution in [-0.4, -0.2) is 41.1 Å². The van der Waals surface area contributed by atoms with Gasteiger partial charge in [0.15, 0.2) is 11.5 Å². The van der Waals surface area contributed by atoms with E-state index in [2.05, 4.69) is 10.2 Å². The first-order chi connectivity index (χ1) is 14.2. The molecule has 3 aromatic rings. The number of aliphatic hydroxyl groups is 1. The van der Waals surface area contributed by atoms with Crippen LogP contribution in [0.25, 0.3) is 10.9 Å². The number of aromatic nitrogens is 2. The SMILES string of the molecule is OC1CCN(c2nc(NCc3ccc4c(c3)OCO4)c3cc(Cl)ccc3n2)CC1. The molecule has 0 amide bonds. The van der Waals surface area contributed by atoms with E-state index >= 15 is 0 Å². The number of aliphatic hydroxyl groups excluding tert-OH is 1. The van der Waals surface area contributed by atoms with Crippen molar-refractivity contribution in [2.75, 3.05) is 30.1 Å². The molecule has 150 valence electrons. The highest BCUT2D eigenvalue weighted by Crippen LogP contribution is 2.33. The third kappa shape index (κ3) is 3.75. The number of halogens is 1. The van der Waals surface area contributed by atoms with E-state index in [0.717, 1.165) is 59.7 Å². The Morgan fingerprint density at radius 3 is 2.76 bits per heavy atom. The van der Waals surface area contributed by atoms with E-state index in [4.69, 9.17) is 31.0 Å². The van der Waals surface area contributed by atoms with Crippen LogP contribution in [0.3, 0.4) is 0 Å². The van der Waals surface area contributed by atoms with Gasteiger partial charge in [-0.1, -0.05) is 17.7 Å². The number of hydrogen-bond acceptors (Lipinski definition) is 7. The van der Waals surface area contributed by atoms with Crippen molar-refractivity contribution >= 4 is 34.3 Å². The number of piperidine rings is 1. The van der Waals surface area contributed by atoms with Crippen LogP contribution in [0.2, 0.25) is 5.02 Å². The van der Waals surface area contributed by atoms with Crippen molar-refractivity contribution in [2.45, 2.75) is 25.5 Å². The lowest BCUT2D eigenvalue weighted by atomic mass is 10.1. The van der Waals surface area contributed by atoms with Gasteiger partial charge in [0.2, 0.25) is 12.7 Å². The van der Waals surface area contributed by atoms with E-state index < -0.39 is 0 Å². The van der Waals surface area contributed by atoms with E-state index in [-0.39, 0.29) is 12.9 Å². The lowest BCUT2D eigenvalue weighted by Gasteiger charge is -2.30. The topological polar surface area (TPSA) is 79.7 Å². The van der Waals surface area contributed by atoms with Crippen LogP contribution in [0, 0.1) is 0 Å². The van der Waals surface area contributed by atoms with Gasteiger partial charge in [0.25, 0.3) is 0 Å². The monoisotopic (exact) mass is 412 g/mol. The molecule has 7 nitrogen and oxygen atoms in total. The quantitative estimate of drug-likeness (QED) is 0.677. The minimum atomic E-state index is -0.242. The highest BCUT2D eigenvalue weighted by atomic mass is 35.5. The third-order valence-corrected chi connectivity index (χ3v) is 5.53. The van der Waals surface area contributed by atoms with Crippen molar-refractivity contribution in [1.82, 2.24) is 9.97 Å². The second kappa shape index (κ2) is 7.57. The average Bonchev–Trinajstić information content (AvgIpc) is 3.20. The Labute approximate surface area is 173 Å². The molecule has 0 aliphatic carbocycles. The first-order valence-electron chi connectivity index (χ1n) is 9.68. The van der Waals surface area contributed by atoms with Gasteiger partial charge in [-0.05, 0) is 48.7 Å². The second-order valence-corrected chi connectivity index (χ2v) is 7.73. The number of nitrogens with one attached hydrogen (secondary N) is 1. The van der Waals surface area contributed by atoms with Crippen molar-refractivity contribution in [1.29, 1.82) is 0 Å². The molecule has 5 rings (SSSR count). The first kappa shape index (κ1) is 18.3. The lowest BCUT2D eigenvalue weighted by molar-refractivity contribution is 0.145. The van der Waals surface area contributed by atoms with Gasteiger partial charge in [-0.2, -0.15) is 4.98 Å². The fraction of sp³-hybridized carbons (Fsp3) is 0.333. The Morgan fingerprint density at radius 1 is 1.07 bits per heavy atom. The molecule has 0 saturated carbocycles. The molecule has 2 N–H and O–H groups in total. The summed E-state index contributed by atoms with van der Waals surface area (Å²) in [7, 11) is 0. The van der Waals surface area contributed by atoms with Gasteiger partial charge in [0, 0.05) is 30.0 Å². The van der Waals surface area contributed by atoms with Gasteiger partial charge in [0.05, 0.1) is 11.6 Å². The molecule has 3 heterocycles. The van der Waals surface area contributed by atoms with Crippen LogP contribution < -0.4 is 19.7 Å². The molecular formula is C21H21ClN4O3. The van der Waals surface area contributed by atoms with E-state index in [9.17, 15) is 5.11 Å². The Hall–Kier alpha value is -2.77. The van der Waals surface area contributed by atoms with Crippen LogP contribution >= 0.6 is 11.6 Å². The standard InChI is InChI=1S/C21H21ClN4O3/c22-14-2-3-17-16(10-14)20(25-21(24-17)26-7-5-15(27)6-8-26)23-11-13-1-4-18-19(9-13)29-12-28-18/h1-4,9-10,15,27H,5-8,11-12H2,(H,23,24,25). The second-order valence-electron chi connectivity index (χ2n) is 7.29. The molecular weight excluding hydrogens is 392 g/mol. The Bertz CT molecular complexity index is 1050. The summed E-state index contributed by atoms with van der Waals surface area (Å²) in [4.78, 5) is 11.6. The Balaban J connectivity index is 1.45. The molecule has 2 aliphatic heterocycles. The molecule has 0 bridgehead atoms. The number of fused-ring (bicyclic) bond motifs is 2. The van der Waals surface area contributed by atoms with E-state index in [1.165, 1.54) is 0 Å². The number of benzene rings is 2. The number of anilines is 2. The fourth-order valence-electron chi connectivity index (χ4n) is 3.67. The fourth-order valence-corrected chi connectivity index (χ4v) is 3.84.